The van der Waals surface area contributed by atoms with Gasteiger partial charge < -0.3 is 10.6 Å². The van der Waals surface area contributed by atoms with Gasteiger partial charge in [0, 0.05) is 24.4 Å². The zero-order chi connectivity index (χ0) is 29.1. The molecule has 0 aliphatic carbocycles. The molecule has 1 unspecified atom stereocenters. The second-order valence-corrected chi connectivity index (χ2v) is 8.78. The molecule has 0 saturated carbocycles. The molecule has 4 rings (SSSR count). The van der Waals surface area contributed by atoms with Crippen molar-refractivity contribution in [2.75, 3.05) is 5.32 Å². The van der Waals surface area contributed by atoms with Crippen LogP contribution in [0.4, 0.5) is 45.6 Å². The Hall–Kier alpha value is -4.48. The summed E-state index contributed by atoms with van der Waals surface area (Å²) in [5.74, 6) is -2.45. The van der Waals surface area contributed by atoms with Gasteiger partial charge in [0.05, 0.1) is 16.8 Å². The van der Waals surface area contributed by atoms with Crippen LogP contribution in [0.2, 0.25) is 0 Å². The summed E-state index contributed by atoms with van der Waals surface area (Å²) in [5.41, 5.74) is -4.17. The van der Waals surface area contributed by atoms with Gasteiger partial charge >= 0.3 is 18.4 Å². The van der Waals surface area contributed by atoms with Gasteiger partial charge in [0.25, 0.3) is 0 Å². The van der Waals surface area contributed by atoms with Gasteiger partial charge in [0.15, 0.2) is 11.6 Å². The maximum absolute atomic E-state index is 13.7. The lowest BCUT2D eigenvalue weighted by atomic mass is 9.79. The Morgan fingerprint density at radius 2 is 1.38 bits per heavy atom. The van der Waals surface area contributed by atoms with E-state index in [0.717, 1.165) is 36.4 Å². The van der Waals surface area contributed by atoms with Gasteiger partial charge in [-0.2, -0.15) is 26.3 Å². The van der Waals surface area contributed by atoms with Crippen molar-refractivity contribution in [3.05, 3.63) is 131 Å². The molecular weight excluding hydrogens is 546 g/mol. The predicted molar refractivity (Wildman–Crippen MR) is 130 cm³/mol. The molecule has 0 radical (unpaired) electrons. The van der Waals surface area contributed by atoms with Crippen LogP contribution >= 0.6 is 0 Å². The molecule has 0 bridgehead atoms. The van der Waals surface area contributed by atoms with E-state index in [1.165, 1.54) is 6.07 Å². The van der Waals surface area contributed by atoms with Gasteiger partial charge in [-0.25, -0.2) is 13.6 Å². The average Bonchev–Trinajstić information content (AvgIpc) is 2.90. The molecule has 208 valence electrons. The van der Waals surface area contributed by atoms with Crippen molar-refractivity contribution in [2.45, 2.75) is 24.3 Å². The molecule has 0 saturated heterocycles. The fourth-order valence-corrected chi connectivity index (χ4v) is 4.13. The summed E-state index contributed by atoms with van der Waals surface area (Å²) in [6.45, 7) is 0. The van der Waals surface area contributed by atoms with Crippen LogP contribution in [0, 0.1) is 11.6 Å². The summed E-state index contributed by atoms with van der Waals surface area (Å²) >= 11 is 0. The van der Waals surface area contributed by atoms with Crippen molar-refractivity contribution >= 4 is 11.7 Å². The second kappa shape index (κ2) is 10.9. The number of amides is 2. The molecule has 4 nitrogen and oxygen atoms in total. The summed E-state index contributed by atoms with van der Waals surface area (Å²) in [4.78, 5) is 17.1. The smallest absolute Gasteiger partial charge is 0.322 e. The number of nitrogens with zero attached hydrogens (tertiary/aromatic N) is 1. The molecule has 40 heavy (non-hydrogen) atoms. The van der Waals surface area contributed by atoms with Crippen LogP contribution in [0.25, 0.3) is 0 Å². The number of nitrogens with one attached hydrogen (secondary N) is 2. The maximum atomic E-state index is 13.7. The Morgan fingerprint density at radius 1 is 0.700 bits per heavy atom. The van der Waals surface area contributed by atoms with E-state index >= 15 is 0 Å². The number of hydrogen-bond donors (Lipinski definition) is 2. The third-order valence-corrected chi connectivity index (χ3v) is 6.03. The van der Waals surface area contributed by atoms with Gasteiger partial charge in [-0.1, -0.05) is 42.5 Å². The number of carbonyl (C=O) groups is 1. The van der Waals surface area contributed by atoms with Crippen molar-refractivity contribution in [2.24, 2.45) is 0 Å². The largest absolute Gasteiger partial charge is 0.417 e. The number of alkyl halides is 6. The van der Waals surface area contributed by atoms with Gasteiger partial charge in [-0.05, 0) is 47.5 Å². The highest BCUT2D eigenvalue weighted by atomic mass is 19.4. The van der Waals surface area contributed by atoms with E-state index in [-0.39, 0.29) is 23.4 Å². The van der Waals surface area contributed by atoms with E-state index in [1.54, 1.807) is 30.3 Å². The van der Waals surface area contributed by atoms with E-state index in [2.05, 4.69) is 15.6 Å². The first-order valence-electron chi connectivity index (χ1n) is 11.6. The normalized spacial score (nSPS) is 13.4. The van der Waals surface area contributed by atoms with Crippen LogP contribution in [-0.4, -0.2) is 11.0 Å². The number of aromatic nitrogens is 1. The number of carbonyl (C=O) groups excluding carboxylic acids is 1. The van der Waals surface area contributed by atoms with Crippen molar-refractivity contribution in [3.63, 3.8) is 0 Å². The SMILES string of the molecule is O=C(Nc1ccc(F)c(F)c1)NC(Cc1ccccc1)(c1cccc(C(F)(F)F)c1)c1ccc(C(F)(F)F)cn1. The highest BCUT2D eigenvalue weighted by Gasteiger charge is 2.41. The Labute approximate surface area is 222 Å². The number of anilines is 1. The molecule has 2 amide bonds. The van der Waals surface area contributed by atoms with Crippen LogP contribution in [0.15, 0.2) is 91.1 Å². The first kappa shape index (κ1) is 28.5. The molecule has 1 atom stereocenters. The summed E-state index contributed by atoms with van der Waals surface area (Å²) in [7, 11) is 0. The Morgan fingerprint density at radius 3 is 1.98 bits per heavy atom. The fourth-order valence-electron chi connectivity index (χ4n) is 4.13. The highest BCUT2D eigenvalue weighted by molar-refractivity contribution is 5.90. The van der Waals surface area contributed by atoms with E-state index in [0.29, 0.717) is 23.9 Å². The molecule has 0 aliphatic heterocycles. The number of urea groups is 1. The average molecular weight is 565 g/mol. The lowest BCUT2D eigenvalue weighted by Gasteiger charge is -2.36. The maximum Gasteiger partial charge on any atom is 0.417 e. The number of pyridine rings is 1. The van der Waals surface area contributed by atoms with Gasteiger partial charge in [-0.15, -0.1) is 0 Å². The zero-order valence-electron chi connectivity index (χ0n) is 20.2. The summed E-state index contributed by atoms with van der Waals surface area (Å²) in [6.07, 6.45) is -9.26. The lowest BCUT2D eigenvalue weighted by molar-refractivity contribution is -0.138. The van der Waals surface area contributed by atoms with Crippen LogP contribution < -0.4 is 10.6 Å². The van der Waals surface area contributed by atoms with E-state index in [1.807, 2.05) is 0 Å². The van der Waals surface area contributed by atoms with Crippen molar-refractivity contribution in [1.29, 1.82) is 0 Å². The Kier molecular flexibility index (Phi) is 7.81. The molecule has 0 spiro atoms. The molecule has 4 aromatic rings. The van der Waals surface area contributed by atoms with E-state index < -0.39 is 46.7 Å². The van der Waals surface area contributed by atoms with Crippen molar-refractivity contribution in [1.82, 2.24) is 10.3 Å². The molecule has 0 aliphatic rings. The lowest BCUT2D eigenvalue weighted by Crippen LogP contribution is -2.50. The van der Waals surface area contributed by atoms with Crippen LogP contribution in [0.5, 0.6) is 0 Å². The molecular formula is C28H19F8N3O. The monoisotopic (exact) mass is 565 g/mol. The van der Waals surface area contributed by atoms with Crippen molar-refractivity contribution in [3.8, 4) is 0 Å². The van der Waals surface area contributed by atoms with Gasteiger partial charge in [-0.3, -0.25) is 4.98 Å². The third-order valence-electron chi connectivity index (χ3n) is 6.03. The molecule has 2 N–H and O–H groups in total. The summed E-state index contributed by atoms with van der Waals surface area (Å²) in [6, 6.07) is 15.2. The quantitative estimate of drug-likeness (QED) is 0.236. The fraction of sp³-hybridized carbons (Fsp3) is 0.143. The highest BCUT2D eigenvalue weighted by Crippen LogP contribution is 2.38. The predicted octanol–water partition coefficient (Wildman–Crippen LogP) is 7.71. The number of halogens is 8. The van der Waals surface area contributed by atoms with E-state index in [4.69, 9.17) is 0 Å². The molecule has 0 fully saturated rings. The first-order chi connectivity index (χ1) is 18.8. The summed E-state index contributed by atoms with van der Waals surface area (Å²) in [5, 5.41) is 4.84. The molecule has 1 heterocycles. The van der Waals surface area contributed by atoms with Crippen LogP contribution in [-0.2, 0) is 24.3 Å². The summed E-state index contributed by atoms with van der Waals surface area (Å²) < 4.78 is 108. The topological polar surface area (TPSA) is 54.0 Å². The molecule has 12 heteroatoms. The standard InChI is InChI=1S/C28H19F8N3O/c29-22-11-10-21(14-23(22)30)38-25(40)39-26(15-17-5-2-1-3-6-17,18-7-4-8-19(13-18)27(31,32)33)24-12-9-20(16-37-24)28(34,35)36/h1-14,16H,15H2,(H2,38,39,40). The van der Waals surface area contributed by atoms with Crippen LogP contribution in [0.3, 0.4) is 0 Å². The van der Waals surface area contributed by atoms with E-state index in [9.17, 15) is 39.9 Å². The molecule has 1 aromatic heterocycles. The Balaban J connectivity index is 1.89. The first-order valence-corrected chi connectivity index (χ1v) is 11.6. The number of hydrogen-bond acceptors (Lipinski definition) is 2. The molecule has 3 aromatic carbocycles. The van der Waals surface area contributed by atoms with Gasteiger partial charge in [0.2, 0.25) is 0 Å². The minimum atomic E-state index is -4.78. The Bertz CT molecular complexity index is 1490. The second-order valence-electron chi connectivity index (χ2n) is 8.78. The minimum Gasteiger partial charge on any atom is -0.322 e. The minimum absolute atomic E-state index is 0.140. The third kappa shape index (κ3) is 6.38. The number of benzene rings is 3. The van der Waals surface area contributed by atoms with Gasteiger partial charge in [0.1, 0.15) is 5.54 Å². The van der Waals surface area contributed by atoms with Crippen molar-refractivity contribution < 1.29 is 39.9 Å². The zero-order valence-corrected chi connectivity index (χ0v) is 20.2. The van der Waals surface area contributed by atoms with Crippen LogP contribution in [0.1, 0.15) is 27.9 Å². The number of rotatable bonds is 6.